The van der Waals surface area contributed by atoms with Gasteiger partial charge in [0.05, 0.1) is 5.69 Å². The first-order valence-electron chi connectivity index (χ1n) is 8.10. The molecule has 0 heterocycles. The number of carbonyl (C=O) groups is 1. The molecule has 3 aromatic rings. The molecule has 3 nitrogen and oxygen atoms in total. The van der Waals surface area contributed by atoms with Crippen LogP contribution in [0.4, 0.5) is 14.5 Å². The number of halogens is 2. The number of nitrogens with two attached hydrogens (primary N) is 1. The normalized spacial score (nSPS) is 12.1. The maximum absolute atomic E-state index is 13.6. The van der Waals surface area contributed by atoms with Crippen LogP contribution in [0.1, 0.15) is 18.5 Å². The molecule has 128 valence electrons. The van der Waals surface area contributed by atoms with E-state index in [0.717, 1.165) is 34.5 Å². The van der Waals surface area contributed by atoms with Crippen molar-refractivity contribution < 1.29 is 18.9 Å². The summed E-state index contributed by atoms with van der Waals surface area (Å²) in [5.41, 5.74) is 0.985. The number of nitrogens with one attached hydrogen (secondary N) is 1. The molecule has 0 radical (unpaired) electrons. The molecule has 0 aliphatic heterocycles. The summed E-state index contributed by atoms with van der Waals surface area (Å²) in [5, 5.41) is 6.57. The highest BCUT2D eigenvalue weighted by Crippen LogP contribution is 2.22. The molecule has 0 fully saturated rings. The zero-order chi connectivity index (χ0) is 17.8. The van der Waals surface area contributed by atoms with Crippen molar-refractivity contribution in [3.8, 4) is 0 Å². The summed E-state index contributed by atoms with van der Waals surface area (Å²) in [7, 11) is 0. The Morgan fingerprint density at radius 2 is 1.84 bits per heavy atom. The average Bonchev–Trinajstić information content (AvgIpc) is 2.62. The van der Waals surface area contributed by atoms with E-state index in [1.807, 2.05) is 48.6 Å². The van der Waals surface area contributed by atoms with E-state index in [2.05, 4.69) is 11.4 Å². The van der Waals surface area contributed by atoms with Gasteiger partial charge in [-0.3, -0.25) is 4.79 Å². The molecule has 25 heavy (non-hydrogen) atoms. The van der Waals surface area contributed by atoms with Crippen molar-refractivity contribution in [1.82, 2.24) is 0 Å². The fraction of sp³-hybridized carbons (Fsp3) is 0.150. The topological polar surface area (TPSA) is 45.7 Å². The van der Waals surface area contributed by atoms with Crippen LogP contribution >= 0.6 is 0 Å². The molecule has 3 rings (SSSR count). The Balaban J connectivity index is 1.66. The first kappa shape index (κ1) is 17.0. The molecule has 0 bridgehead atoms. The average molecular weight is 341 g/mol. The highest BCUT2D eigenvalue weighted by molar-refractivity contribution is 5.91. The van der Waals surface area contributed by atoms with Crippen LogP contribution in [0.15, 0.2) is 60.7 Å². The highest BCUT2D eigenvalue weighted by Gasteiger charge is 2.15. The Morgan fingerprint density at radius 1 is 1.08 bits per heavy atom. The molecule has 0 spiro atoms. The fourth-order valence-corrected chi connectivity index (χ4v) is 2.85. The standard InChI is InChI=1S/C20H18F2N2O/c1-13(16-8-4-6-14-5-2-3-7-17(14)16)23-12-20(25)24-19-11-15(21)9-10-18(19)22/h2-11,13,23H,12H2,1H3,(H,24,25)/p+1/t13-/m0/s1. The van der Waals surface area contributed by atoms with Crippen LogP contribution in [0.25, 0.3) is 10.8 Å². The minimum atomic E-state index is -0.656. The Labute approximate surface area is 144 Å². The molecule has 0 saturated carbocycles. The van der Waals surface area contributed by atoms with Crippen LogP contribution in [0, 0.1) is 11.6 Å². The second-order valence-corrected chi connectivity index (χ2v) is 5.97. The third-order valence-corrected chi connectivity index (χ3v) is 4.17. The second-order valence-electron chi connectivity index (χ2n) is 5.97. The van der Waals surface area contributed by atoms with E-state index in [1.54, 1.807) is 0 Å². The summed E-state index contributed by atoms with van der Waals surface area (Å²) in [4.78, 5) is 12.0. The van der Waals surface area contributed by atoms with E-state index in [0.29, 0.717) is 0 Å². The molecular weight excluding hydrogens is 322 g/mol. The predicted molar refractivity (Wildman–Crippen MR) is 94.1 cm³/mol. The van der Waals surface area contributed by atoms with Gasteiger partial charge in [-0.15, -0.1) is 0 Å². The monoisotopic (exact) mass is 341 g/mol. The minimum Gasteiger partial charge on any atom is -0.332 e. The smallest absolute Gasteiger partial charge is 0.279 e. The molecule has 0 unspecified atom stereocenters. The van der Waals surface area contributed by atoms with Gasteiger partial charge in [0.15, 0.2) is 6.54 Å². The zero-order valence-electron chi connectivity index (χ0n) is 13.8. The summed E-state index contributed by atoms with van der Waals surface area (Å²) in [6, 6.07) is 17.2. The quantitative estimate of drug-likeness (QED) is 0.734. The first-order valence-corrected chi connectivity index (χ1v) is 8.10. The zero-order valence-corrected chi connectivity index (χ0v) is 13.8. The summed E-state index contributed by atoms with van der Waals surface area (Å²) in [6.07, 6.45) is 0. The van der Waals surface area contributed by atoms with Gasteiger partial charge in [-0.25, -0.2) is 8.78 Å². The molecule has 0 saturated heterocycles. The Bertz CT molecular complexity index is 906. The molecule has 0 aromatic heterocycles. The molecular formula is C20H19F2N2O+. The van der Waals surface area contributed by atoms with Crippen molar-refractivity contribution in [2.75, 3.05) is 11.9 Å². The number of carbonyl (C=O) groups excluding carboxylic acids is 1. The van der Waals surface area contributed by atoms with Gasteiger partial charge in [0, 0.05) is 11.6 Å². The van der Waals surface area contributed by atoms with Gasteiger partial charge in [0.1, 0.15) is 17.7 Å². The number of amides is 1. The third-order valence-electron chi connectivity index (χ3n) is 4.17. The van der Waals surface area contributed by atoms with Gasteiger partial charge < -0.3 is 10.6 Å². The van der Waals surface area contributed by atoms with Crippen LogP contribution in [0.3, 0.4) is 0 Å². The van der Waals surface area contributed by atoms with Crippen LogP contribution in [-0.2, 0) is 4.79 Å². The van der Waals surface area contributed by atoms with E-state index in [1.165, 1.54) is 0 Å². The SMILES string of the molecule is C[C@H]([NH2+]CC(=O)Nc1cc(F)ccc1F)c1cccc2ccccc12. The largest absolute Gasteiger partial charge is 0.332 e. The molecule has 5 heteroatoms. The van der Waals surface area contributed by atoms with E-state index < -0.39 is 11.6 Å². The number of hydrogen-bond acceptors (Lipinski definition) is 1. The van der Waals surface area contributed by atoms with E-state index in [-0.39, 0.29) is 24.2 Å². The number of rotatable bonds is 5. The number of anilines is 1. The lowest BCUT2D eigenvalue weighted by Gasteiger charge is -2.14. The van der Waals surface area contributed by atoms with Crippen LogP contribution in [0.5, 0.6) is 0 Å². The molecule has 0 aliphatic carbocycles. The fourth-order valence-electron chi connectivity index (χ4n) is 2.85. The molecule has 3 aromatic carbocycles. The molecule has 1 atom stereocenters. The Kier molecular flexibility index (Phi) is 5.05. The summed E-state index contributed by atoms with van der Waals surface area (Å²) in [5.74, 6) is -1.63. The highest BCUT2D eigenvalue weighted by atomic mass is 19.1. The predicted octanol–water partition coefficient (Wildman–Crippen LogP) is 3.38. The Hall–Kier alpha value is -2.79. The van der Waals surface area contributed by atoms with Crippen molar-refractivity contribution in [2.45, 2.75) is 13.0 Å². The Morgan fingerprint density at radius 3 is 2.68 bits per heavy atom. The van der Waals surface area contributed by atoms with Crippen LogP contribution < -0.4 is 10.6 Å². The van der Waals surface area contributed by atoms with Crippen molar-refractivity contribution in [2.24, 2.45) is 0 Å². The van der Waals surface area contributed by atoms with Gasteiger partial charge in [-0.05, 0) is 29.8 Å². The third kappa shape index (κ3) is 4.00. The number of hydrogen-bond donors (Lipinski definition) is 2. The maximum Gasteiger partial charge on any atom is 0.279 e. The van der Waals surface area contributed by atoms with Gasteiger partial charge in [-0.1, -0.05) is 42.5 Å². The van der Waals surface area contributed by atoms with Gasteiger partial charge in [0.2, 0.25) is 0 Å². The number of benzene rings is 3. The molecule has 0 aliphatic rings. The first-order chi connectivity index (χ1) is 12.0. The molecule has 1 amide bonds. The number of quaternary nitrogens is 1. The summed E-state index contributed by atoms with van der Waals surface area (Å²) in [6.45, 7) is 2.12. The van der Waals surface area contributed by atoms with E-state index >= 15 is 0 Å². The van der Waals surface area contributed by atoms with Crippen LogP contribution in [0.2, 0.25) is 0 Å². The van der Waals surface area contributed by atoms with Crippen LogP contribution in [-0.4, -0.2) is 12.5 Å². The second kappa shape index (κ2) is 7.40. The summed E-state index contributed by atoms with van der Waals surface area (Å²) >= 11 is 0. The van der Waals surface area contributed by atoms with E-state index in [4.69, 9.17) is 0 Å². The van der Waals surface area contributed by atoms with Crippen molar-refractivity contribution in [3.63, 3.8) is 0 Å². The van der Waals surface area contributed by atoms with Crippen molar-refractivity contribution in [1.29, 1.82) is 0 Å². The lowest BCUT2D eigenvalue weighted by atomic mass is 10.00. The van der Waals surface area contributed by atoms with Gasteiger partial charge in [-0.2, -0.15) is 0 Å². The van der Waals surface area contributed by atoms with Gasteiger partial charge >= 0.3 is 0 Å². The summed E-state index contributed by atoms with van der Waals surface area (Å²) < 4.78 is 26.7. The van der Waals surface area contributed by atoms with Gasteiger partial charge in [0.25, 0.3) is 5.91 Å². The lowest BCUT2D eigenvalue weighted by Crippen LogP contribution is -2.86. The van der Waals surface area contributed by atoms with Crippen molar-refractivity contribution >= 4 is 22.4 Å². The minimum absolute atomic E-state index is 0.0502. The van der Waals surface area contributed by atoms with E-state index in [9.17, 15) is 13.6 Å². The van der Waals surface area contributed by atoms with Crippen molar-refractivity contribution in [3.05, 3.63) is 77.9 Å². The lowest BCUT2D eigenvalue weighted by molar-refractivity contribution is -0.682. The maximum atomic E-state index is 13.6. The molecule has 3 N–H and O–H groups in total. The number of fused-ring (bicyclic) bond motifs is 1.